The third-order valence-electron chi connectivity index (χ3n) is 2.33. The van der Waals surface area contributed by atoms with Crippen molar-refractivity contribution in [1.29, 1.82) is 0 Å². The van der Waals surface area contributed by atoms with Gasteiger partial charge in [-0.25, -0.2) is 4.39 Å². The van der Waals surface area contributed by atoms with Gasteiger partial charge in [-0.15, -0.1) is 6.54 Å². The first-order valence-corrected chi connectivity index (χ1v) is 4.80. The Labute approximate surface area is 145 Å². The van der Waals surface area contributed by atoms with Gasteiger partial charge in [-0.2, -0.15) is 0 Å². The zero-order valence-corrected chi connectivity index (χ0v) is 14.7. The summed E-state index contributed by atoms with van der Waals surface area (Å²) in [5.41, 5.74) is 14.5. The normalized spacial score (nSPS) is 14.0. The summed E-state index contributed by atoms with van der Waals surface area (Å²) in [7, 11) is 1.51. The largest absolute Gasteiger partial charge is 1.00 e. The number of methoxy groups -OCH3 is 1. The Kier molecular flexibility index (Phi) is 9.32. The molecule has 0 saturated heterocycles. The Hall–Kier alpha value is 0.835. The van der Waals surface area contributed by atoms with Crippen LogP contribution in [0.2, 0.25) is 0 Å². The van der Waals surface area contributed by atoms with Crippen LogP contribution >= 0.6 is 0 Å². The molecule has 3 nitrogen and oxygen atoms in total. The minimum atomic E-state index is -0.642. The summed E-state index contributed by atoms with van der Waals surface area (Å²) >= 11 is 0. The van der Waals surface area contributed by atoms with Crippen molar-refractivity contribution in [3.8, 4) is 0 Å². The van der Waals surface area contributed by atoms with E-state index in [1.807, 2.05) is 24.3 Å². The van der Waals surface area contributed by atoms with E-state index in [0.717, 1.165) is 11.1 Å². The summed E-state index contributed by atoms with van der Waals surface area (Å²) in [6, 6.07) is 6.68. The number of nitrogens with two attached hydrogens (primary N) is 1. The van der Waals surface area contributed by atoms with Crippen molar-refractivity contribution in [3.05, 3.63) is 41.1 Å². The molecule has 0 aromatic heterocycles. The van der Waals surface area contributed by atoms with Gasteiger partial charge in [0.25, 0.3) is 0 Å². The minimum absolute atomic E-state index is 0. The fraction of sp³-hybridized carbons (Fsp3) is 0.455. The first-order valence-electron chi connectivity index (χ1n) is 4.80. The summed E-state index contributed by atoms with van der Waals surface area (Å²) in [5.74, 6) is 0. The quantitative estimate of drug-likeness (QED) is 0.775. The maximum atomic E-state index is 12.4. The predicted octanol–water partition coefficient (Wildman–Crippen LogP) is -0.773. The van der Waals surface area contributed by atoms with E-state index in [2.05, 4.69) is 0 Å². The van der Waals surface area contributed by atoms with E-state index in [9.17, 15) is 4.39 Å². The van der Waals surface area contributed by atoms with Gasteiger partial charge < -0.3 is 16.2 Å². The van der Waals surface area contributed by atoms with Gasteiger partial charge in [0.05, 0.1) is 12.1 Å². The zero-order valence-electron chi connectivity index (χ0n) is 9.74. The number of nitrogens with one attached hydrogen (secondary N) is 1. The van der Waals surface area contributed by atoms with Crippen LogP contribution in [0.3, 0.4) is 0 Å². The second-order valence-electron chi connectivity index (χ2n) is 3.39. The van der Waals surface area contributed by atoms with E-state index in [4.69, 9.17) is 16.2 Å². The Morgan fingerprint density at radius 3 is 2.31 bits per heavy atom. The number of benzene rings is 1. The van der Waals surface area contributed by atoms with Crippen LogP contribution in [0.25, 0.3) is 5.73 Å². The van der Waals surface area contributed by atoms with E-state index in [0.29, 0.717) is 0 Å². The molecule has 0 bridgehead atoms. The molecule has 0 aliphatic carbocycles. The fourth-order valence-corrected chi connectivity index (χ4v) is 1.46. The summed E-state index contributed by atoms with van der Waals surface area (Å²) in [5, 5.41) is 0. The van der Waals surface area contributed by atoms with Gasteiger partial charge in [-0.3, -0.25) is 0 Å². The van der Waals surface area contributed by atoms with Crippen LogP contribution in [-0.4, -0.2) is 19.8 Å². The van der Waals surface area contributed by atoms with Crippen LogP contribution in [0.5, 0.6) is 0 Å². The molecule has 2 atom stereocenters. The maximum absolute atomic E-state index is 12.4. The summed E-state index contributed by atoms with van der Waals surface area (Å²) in [6.07, 6.45) is -0.421. The summed E-state index contributed by atoms with van der Waals surface area (Å²) < 4.78 is 17.6. The number of hydrogen-bond donors (Lipinski definition) is 1. The summed E-state index contributed by atoms with van der Waals surface area (Å²) in [6.45, 7) is -0.369. The van der Waals surface area contributed by atoms with Crippen molar-refractivity contribution in [2.45, 2.75) is 18.7 Å². The molecule has 3 N–H and O–H groups in total. The van der Waals surface area contributed by atoms with Crippen molar-refractivity contribution in [2.24, 2.45) is 5.73 Å². The third kappa shape index (κ3) is 4.60. The van der Waals surface area contributed by atoms with Crippen LogP contribution < -0.4 is 63.9 Å². The smallest absolute Gasteiger partial charge is 0.674 e. The Morgan fingerprint density at radius 2 is 1.94 bits per heavy atom. The Morgan fingerprint density at radius 1 is 1.38 bits per heavy atom. The molecule has 0 aliphatic rings. The first kappa shape index (κ1) is 16.8. The molecule has 0 aliphatic heterocycles. The van der Waals surface area contributed by atoms with Crippen LogP contribution in [-0.2, 0) is 11.3 Å². The Balaban J connectivity index is 0.00000225. The van der Waals surface area contributed by atoms with E-state index in [1.165, 1.54) is 7.11 Å². The molecule has 0 heterocycles. The molecule has 5 heteroatoms. The molecule has 0 amide bonds. The number of hydrogen-bond acceptors (Lipinski definition) is 2. The first-order chi connectivity index (χ1) is 7.22. The predicted molar refractivity (Wildman–Crippen MR) is 58.2 cm³/mol. The second kappa shape index (κ2) is 8.86. The number of alkyl halides is 1. The van der Waals surface area contributed by atoms with Crippen molar-refractivity contribution in [1.82, 2.24) is 0 Å². The van der Waals surface area contributed by atoms with Gasteiger partial charge in [0.1, 0.15) is 6.67 Å². The molecule has 0 fully saturated rings. The fourth-order valence-electron chi connectivity index (χ4n) is 1.46. The molecular formula is C11H16FN2ORb. The zero-order chi connectivity index (χ0) is 11.3. The van der Waals surface area contributed by atoms with E-state index in [-0.39, 0.29) is 64.7 Å². The molecule has 84 valence electrons. The van der Waals surface area contributed by atoms with Gasteiger partial charge in [0.2, 0.25) is 0 Å². The molecule has 1 aromatic rings. The van der Waals surface area contributed by atoms with Gasteiger partial charge in [-0.05, 0) is 5.56 Å². The van der Waals surface area contributed by atoms with E-state index < -0.39 is 18.8 Å². The monoisotopic (exact) mass is 296 g/mol. The minimum Gasteiger partial charge on any atom is -0.674 e. The van der Waals surface area contributed by atoms with Crippen molar-refractivity contribution in [3.63, 3.8) is 0 Å². The summed E-state index contributed by atoms with van der Waals surface area (Å²) in [4.78, 5) is 0. The van der Waals surface area contributed by atoms with Crippen molar-refractivity contribution in [2.75, 3.05) is 13.8 Å². The average Bonchev–Trinajstić information content (AvgIpc) is 2.30. The molecule has 0 saturated carbocycles. The van der Waals surface area contributed by atoms with Crippen LogP contribution in [0.1, 0.15) is 17.2 Å². The molecule has 16 heavy (non-hydrogen) atoms. The topological polar surface area (TPSA) is 59.0 Å². The molecular weight excluding hydrogens is 281 g/mol. The molecule has 2 unspecified atom stereocenters. The second-order valence-corrected chi connectivity index (χ2v) is 3.39. The number of ether oxygens (including phenoxy) is 1. The van der Waals surface area contributed by atoms with E-state index >= 15 is 0 Å². The SMILES string of the molecule is COC(c1ccc(C[NH-])cc1)C(N)CF.[Rb+]. The van der Waals surface area contributed by atoms with Crippen LogP contribution in [0.4, 0.5) is 4.39 Å². The standard InChI is InChI=1S/C11H16FN2O.Rb/c1-15-11(10(14)6-12)9-4-2-8(7-13)3-5-9;/h2-5,10-11,13H,6-7,14H2,1H3;/q-1;+1. The third-order valence-corrected chi connectivity index (χ3v) is 2.33. The number of rotatable bonds is 5. The van der Waals surface area contributed by atoms with Gasteiger partial charge in [0, 0.05) is 7.11 Å². The van der Waals surface area contributed by atoms with Crippen molar-refractivity contribution < 1.29 is 67.3 Å². The molecule has 0 spiro atoms. The number of halogens is 1. The van der Waals surface area contributed by atoms with Gasteiger partial charge in [0.15, 0.2) is 0 Å². The van der Waals surface area contributed by atoms with Gasteiger partial charge >= 0.3 is 58.2 Å². The van der Waals surface area contributed by atoms with E-state index in [1.54, 1.807) is 0 Å². The molecule has 1 rings (SSSR count). The molecule has 0 radical (unpaired) electrons. The van der Waals surface area contributed by atoms with Gasteiger partial charge in [-0.1, -0.05) is 29.8 Å². The van der Waals surface area contributed by atoms with Crippen LogP contribution in [0, 0.1) is 0 Å². The van der Waals surface area contributed by atoms with Crippen molar-refractivity contribution >= 4 is 0 Å². The Bertz CT molecular complexity index is 295. The average molecular weight is 297 g/mol. The maximum Gasteiger partial charge on any atom is 1.00 e. The molecule has 1 aromatic carbocycles. The van der Waals surface area contributed by atoms with Crippen LogP contribution in [0.15, 0.2) is 24.3 Å².